The number of amides is 2. The van der Waals surface area contributed by atoms with Gasteiger partial charge in [-0.1, -0.05) is 18.2 Å². The van der Waals surface area contributed by atoms with E-state index in [-0.39, 0.29) is 23.8 Å². The smallest absolute Gasteiger partial charge is 0.257 e. The van der Waals surface area contributed by atoms with Gasteiger partial charge in [0, 0.05) is 18.9 Å². The van der Waals surface area contributed by atoms with Crippen LogP contribution in [0.4, 0.5) is 5.69 Å². The summed E-state index contributed by atoms with van der Waals surface area (Å²) in [6.07, 6.45) is 7.85. The molecule has 1 fully saturated rings. The van der Waals surface area contributed by atoms with Crippen LogP contribution < -0.4 is 14.8 Å². The van der Waals surface area contributed by atoms with Gasteiger partial charge < -0.3 is 19.7 Å². The Kier molecular flexibility index (Phi) is 5.85. The number of benzene rings is 2. The number of carbonyl (C=O) groups is 2. The summed E-state index contributed by atoms with van der Waals surface area (Å²) in [5, 5.41) is 2.94. The minimum Gasteiger partial charge on any atom is -0.493 e. The van der Waals surface area contributed by atoms with Crippen LogP contribution in [0.3, 0.4) is 0 Å². The van der Waals surface area contributed by atoms with Crippen molar-refractivity contribution < 1.29 is 19.1 Å². The Bertz CT molecular complexity index is 1050. The number of fused-ring (bicyclic) bond motifs is 1. The number of anilines is 1. The second-order valence-corrected chi connectivity index (χ2v) is 7.80. The Morgan fingerprint density at radius 1 is 1.29 bits per heavy atom. The summed E-state index contributed by atoms with van der Waals surface area (Å²) >= 11 is 0. The van der Waals surface area contributed by atoms with E-state index in [1.54, 1.807) is 18.1 Å². The number of nitrogens with one attached hydrogen (secondary N) is 1. The highest BCUT2D eigenvalue weighted by Gasteiger charge is 2.37. The Balaban J connectivity index is 1.65. The van der Waals surface area contributed by atoms with E-state index < -0.39 is 0 Å². The lowest BCUT2D eigenvalue weighted by atomic mass is 10.0. The van der Waals surface area contributed by atoms with Crippen molar-refractivity contribution in [2.45, 2.75) is 38.8 Å². The molecule has 31 heavy (non-hydrogen) atoms. The van der Waals surface area contributed by atoms with Crippen LogP contribution >= 0.6 is 0 Å². The molecule has 1 unspecified atom stereocenters. The zero-order valence-electron chi connectivity index (χ0n) is 17.8. The number of methoxy groups -OCH3 is 1. The van der Waals surface area contributed by atoms with Gasteiger partial charge in [0.05, 0.1) is 31.0 Å². The molecule has 0 bridgehead atoms. The van der Waals surface area contributed by atoms with E-state index in [1.807, 2.05) is 37.3 Å². The van der Waals surface area contributed by atoms with E-state index in [4.69, 9.17) is 15.9 Å². The molecule has 1 heterocycles. The number of hydrogen-bond donors (Lipinski definition) is 1. The van der Waals surface area contributed by atoms with Crippen molar-refractivity contribution in [3.63, 3.8) is 0 Å². The van der Waals surface area contributed by atoms with E-state index in [0.29, 0.717) is 42.3 Å². The molecule has 6 heteroatoms. The first-order valence-electron chi connectivity index (χ1n) is 10.5. The SMILES string of the molecule is C#CCC(c1ccc(OC)c(OCC)c1)N1Cc2cccc(NC(=O)C3CC3)c2C1=O. The monoisotopic (exact) mass is 418 g/mol. The molecule has 0 radical (unpaired) electrons. The van der Waals surface area contributed by atoms with Crippen molar-refractivity contribution in [2.24, 2.45) is 5.92 Å². The van der Waals surface area contributed by atoms with Crippen LogP contribution in [0.5, 0.6) is 11.5 Å². The van der Waals surface area contributed by atoms with E-state index in [0.717, 1.165) is 24.0 Å². The molecule has 2 amide bonds. The Morgan fingerprint density at radius 3 is 2.77 bits per heavy atom. The van der Waals surface area contributed by atoms with Gasteiger partial charge in [-0.2, -0.15) is 0 Å². The van der Waals surface area contributed by atoms with Crippen molar-refractivity contribution in [1.82, 2.24) is 4.90 Å². The van der Waals surface area contributed by atoms with Crippen molar-refractivity contribution in [1.29, 1.82) is 0 Å². The van der Waals surface area contributed by atoms with E-state index in [9.17, 15) is 9.59 Å². The first-order valence-corrected chi connectivity index (χ1v) is 10.5. The van der Waals surface area contributed by atoms with Gasteiger partial charge in [0.2, 0.25) is 5.91 Å². The summed E-state index contributed by atoms with van der Waals surface area (Å²) in [6.45, 7) is 2.84. The standard InChI is InChI=1S/C25H26N2O4/c1-4-7-20(17-12-13-21(30-3)22(14-17)31-5-2)27-15-18-8-6-9-19(23(18)25(27)29)26-24(28)16-10-11-16/h1,6,8-9,12-14,16,20H,5,7,10-11,15H2,2-3H3,(H,26,28). The molecule has 1 atom stereocenters. The van der Waals surface area contributed by atoms with Gasteiger partial charge >= 0.3 is 0 Å². The molecular weight excluding hydrogens is 392 g/mol. The maximum absolute atomic E-state index is 13.5. The lowest BCUT2D eigenvalue weighted by Gasteiger charge is -2.27. The number of nitrogens with zero attached hydrogens (tertiary/aromatic N) is 1. The first kappa shape index (κ1) is 20.8. The van der Waals surface area contributed by atoms with E-state index >= 15 is 0 Å². The molecule has 2 aromatic carbocycles. The Morgan fingerprint density at radius 2 is 2.10 bits per heavy atom. The minimum atomic E-state index is -0.318. The number of hydrogen-bond acceptors (Lipinski definition) is 4. The van der Waals surface area contributed by atoms with Crippen molar-refractivity contribution in [3.8, 4) is 23.8 Å². The van der Waals surface area contributed by atoms with Crippen LogP contribution in [-0.4, -0.2) is 30.4 Å². The summed E-state index contributed by atoms with van der Waals surface area (Å²) in [4.78, 5) is 27.5. The van der Waals surface area contributed by atoms with Crippen molar-refractivity contribution >= 4 is 17.5 Å². The molecule has 0 saturated heterocycles. The fraction of sp³-hybridized carbons (Fsp3) is 0.360. The zero-order chi connectivity index (χ0) is 22.0. The molecule has 2 aliphatic rings. The summed E-state index contributed by atoms with van der Waals surface area (Å²) in [7, 11) is 1.59. The quantitative estimate of drug-likeness (QED) is 0.654. The highest BCUT2D eigenvalue weighted by molar-refractivity contribution is 6.07. The van der Waals surface area contributed by atoms with Crippen LogP contribution in [0, 0.1) is 18.3 Å². The lowest BCUT2D eigenvalue weighted by molar-refractivity contribution is -0.117. The maximum Gasteiger partial charge on any atom is 0.257 e. The number of carbonyl (C=O) groups excluding carboxylic acids is 2. The summed E-state index contributed by atoms with van der Waals surface area (Å²) < 4.78 is 11.1. The molecule has 6 nitrogen and oxygen atoms in total. The fourth-order valence-corrected chi connectivity index (χ4v) is 4.01. The fourth-order valence-electron chi connectivity index (χ4n) is 4.01. The molecular formula is C25H26N2O4. The highest BCUT2D eigenvalue weighted by atomic mass is 16.5. The molecule has 0 aromatic heterocycles. The van der Waals surface area contributed by atoms with Gasteiger partial charge in [0.15, 0.2) is 11.5 Å². The minimum absolute atomic E-state index is 0.0173. The largest absolute Gasteiger partial charge is 0.493 e. The van der Waals surface area contributed by atoms with Gasteiger partial charge in [-0.15, -0.1) is 12.3 Å². The maximum atomic E-state index is 13.5. The number of rotatable bonds is 8. The molecule has 1 aliphatic carbocycles. The summed E-state index contributed by atoms with van der Waals surface area (Å²) in [5.41, 5.74) is 2.90. The second kappa shape index (κ2) is 8.73. The van der Waals surface area contributed by atoms with Gasteiger partial charge in [0.25, 0.3) is 5.91 Å². The average molecular weight is 418 g/mol. The third-order valence-electron chi connectivity index (χ3n) is 5.73. The third kappa shape index (κ3) is 4.09. The van der Waals surface area contributed by atoms with Gasteiger partial charge in [-0.05, 0) is 49.1 Å². The van der Waals surface area contributed by atoms with Crippen LogP contribution in [0.1, 0.15) is 53.7 Å². The van der Waals surface area contributed by atoms with Gasteiger partial charge in [-0.3, -0.25) is 9.59 Å². The normalized spacial score (nSPS) is 15.8. The first-order chi connectivity index (χ1) is 15.1. The number of terminal acetylenes is 1. The molecule has 4 rings (SSSR count). The molecule has 1 N–H and O–H groups in total. The second-order valence-electron chi connectivity index (χ2n) is 7.80. The van der Waals surface area contributed by atoms with E-state index in [2.05, 4.69) is 11.2 Å². The lowest BCUT2D eigenvalue weighted by Crippen LogP contribution is -2.29. The van der Waals surface area contributed by atoms with Crippen LogP contribution in [0.2, 0.25) is 0 Å². The zero-order valence-corrected chi connectivity index (χ0v) is 17.8. The van der Waals surface area contributed by atoms with Gasteiger partial charge in [-0.25, -0.2) is 0 Å². The molecule has 1 saturated carbocycles. The number of ether oxygens (including phenoxy) is 2. The summed E-state index contributed by atoms with van der Waals surface area (Å²) in [6, 6.07) is 10.9. The van der Waals surface area contributed by atoms with Gasteiger partial charge in [0.1, 0.15) is 0 Å². The highest BCUT2D eigenvalue weighted by Crippen LogP contribution is 2.39. The molecule has 160 valence electrons. The van der Waals surface area contributed by atoms with Crippen LogP contribution in [0.25, 0.3) is 0 Å². The Hall–Kier alpha value is -3.46. The molecule has 1 aliphatic heterocycles. The van der Waals surface area contributed by atoms with E-state index in [1.165, 1.54) is 0 Å². The van der Waals surface area contributed by atoms with Crippen LogP contribution in [0.15, 0.2) is 36.4 Å². The average Bonchev–Trinajstić information content (AvgIpc) is 3.57. The predicted octanol–water partition coefficient (Wildman–Crippen LogP) is 4.16. The third-order valence-corrected chi connectivity index (χ3v) is 5.73. The topological polar surface area (TPSA) is 67.9 Å². The molecule has 2 aromatic rings. The van der Waals surface area contributed by atoms with Crippen molar-refractivity contribution in [2.75, 3.05) is 19.0 Å². The summed E-state index contributed by atoms with van der Waals surface area (Å²) in [5.74, 6) is 3.87. The Labute approximate surface area is 182 Å². The van der Waals surface area contributed by atoms with Crippen LogP contribution in [-0.2, 0) is 11.3 Å². The predicted molar refractivity (Wildman–Crippen MR) is 118 cm³/mol. The molecule has 0 spiro atoms. The van der Waals surface area contributed by atoms with Crippen molar-refractivity contribution in [3.05, 3.63) is 53.1 Å².